The van der Waals surface area contributed by atoms with Gasteiger partial charge in [0.1, 0.15) is 0 Å². The first-order valence-corrected chi connectivity index (χ1v) is 4.91. The van der Waals surface area contributed by atoms with Gasteiger partial charge in [0.25, 0.3) is 10.1 Å². The largest absolute Gasteiger partial charge is 0.368 e. The van der Waals surface area contributed by atoms with E-state index in [1.807, 2.05) is 0 Å². The van der Waals surface area contributed by atoms with Gasteiger partial charge in [-0.2, -0.15) is 8.42 Å². The summed E-state index contributed by atoms with van der Waals surface area (Å²) in [6.45, 7) is 1.51. The van der Waals surface area contributed by atoms with Crippen LogP contribution in [0.5, 0.6) is 0 Å². The van der Waals surface area contributed by atoms with E-state index in [1.165, 1.54) is 6.92 Å². The van der Waals surface area contributed by atoms with Gasteiger partial charge in [0.05, 0.1) is 11.8 Å². The molecule has 0 aromatic rings. The molecule has 1 amide bonds. The third-order valence-corrected chi connectivity index (χ3v) is 1.96. The quantitative estimate of drug-likeness (QED) is 0.456. The highest BCUT2D eigenvalue weighted by atomic mass is 32.2. The first kappa shape index (κ1) is 11.3. The number of nitrogens with two attached hydrogens (primary N) is 1. The Morgan fingerprint density at radius 2 is 2.17 bits per heavy atom. The van der Waals surface area contributed by atoms with Gasteiger partial charge in [0.2, 0.25) is 5.91 Å². The zero-order chi connectivity index (χ0) is 9.78. The molecule has 12 heavy (non-hydrogen) atoms. The molecular formula is C5H12N2O4S. The van der Waals surface area contributed by atoms with Gasteiger partial charge in [-0.1, -0.05) is 0 Å². The topological polar surface area (TPSA) is 109 Å². The molecule has 0 aromatic carbocycles. The molecule has 0 spiro atoms. The molecule has 4 N–H and O–H groups in total. The average molecular weight is 196 g/mol. The Kier molecular flexibility index (Phi) is 4.15. The van der Waals surface area contributed by atoms with Gasteiger partial charge < -0.3 is 11.1 Å². The molecule has 6 nitrogen and oxygen atoms in total. The molecule has 0 heterocycles. The van der Waals surface area contributed by atoms with Crippen molar-refractivity contribution in [1.82, 2.24) is 5.32 Å². The molecule has 0 bridgehead atoms. The Bertz CT molecular complexity index is 248. The van der Waals surface area contributed by atoms with E-state index < -0.39 is 27.8 Å². The summed E-state index contributed by atoms with van der Waals surface area (Å²) in [5, 5.41) is 2.52. The Morgan fingerprint density at radius 1 is 1.67 bits per heavy atom. The van der Waals surface area contributed by atoms with Gasteiger partial charge in [-0.15, -0.1) is 0 Å². The molecule has 72 valence electrons. The maximum atomic E-state index is 10.4. The molecule has 0 radical (unpaired) electrons. The van der Waals surface area contributed by atoms with Gasteiger partial charge in [-0.25, -0.2) is 0 Å². The van der Waals surface area contributed by atoms with Crippen LogP contribution in [0, 0.1) is 0 Å². The molecule has 0 aliphatic carbocycles. The maximum Gasteiger partial charge on any atom is 0.266 e. The van der Waals surface area contributed by atoms with Gasteiger partial charge in [-0.3, -0.25) is 9.35 Å². The molecule has 0 aliphatic rings. The van der Waals surface area contributed by atoms with Crippen molar-refractivity contribution in [2.24, 2.45) is 5.73 Å². The van der Waals surface area contributed by atoms with Crippen molar-refractivity contribution in [2.45, 2.75) is 13.0 Å². The van der Waals surface area contributed by atoms with Crippen molar-refractivity contribution in [3.8, 4) is 0 Å². The van der Waals surface area contributed by atoms with E-state index in [-0.39, 0.29) is 6.54 Å². The fourth-order valence-electron chi connectivity index (χ4n) is 0.505. The van der Waals surface area contributed by atoms with Crippen LogP contribution in [-0.4, -0.2) is 37.2 Å². The summed E-state index contributed by atoms with van der Waals surface area (Å²) < 4.78 is 28.6. The highest BCUT2D eigenvalue weighted by Crippen LogP contribution is 1.82. The maximum absolute atomic E-state index is 10.4. The minimum absolute atomic E-state index is 0.00292. The summed E-state index contributed by atoms with van der Waals surface area (Å²) in [6.07, 6.45) is 0. The van der Waals surface area contributed by atoms with Crippen LogP contribution >= 0.6 is 0 Å². The summed E-state index contributed by atoms with van der Waals surface area (Å²) in [5.41, 5.74) is 4.87. The van der Waals surface area contributed by atoms with E-state index in [0.717, 1.165) is 0 Å². The number of nitrogens with one attached hydrogen (secondary N) is 1. The zero-order valence-electron chi connectivity index (χ0n) is 6.65. The van der Waals surface area contributed by atoms with E-state index in [2.05, 4.69) is 5.32 Å². The van der Waals surface area contributed by atoms with Crippen molar-refractivity contribution >= 4 is 16.0 Å². The van der Waals surface area contributed by atoms with Crippen LogP contribution in [0.3, 0.4) is 0 Å². The Morgan fingerprint density at radius 3 is 2.50 bits per heavy atom. The zero-order valence-corrected chi connectivity index (χ0v) is 7.47. The second-order valence-corrected chi connectivity index (χ2v) is 3.94. The van der Waals surface area contributed by atoms with Gasteiger partial charge in [0.15, 0.2) is 0 Å². The van der Waals surface area contributed by atoms with E-state index >= 15 is 0 Å². The lowest BCUT2D eigenvalue weighted by molar-refractivity contribution is -0.119. The normalized spacial score (nSPS) is 14.2. The predicted octanol–water partition coefficient (Wildman–Crippen LogP) is -1.66. The summed E-state index contributed by atoms with van der Waals surface area (Å²) in [6, 6.07) is -0.591. The van der Waals surface area contributed by atoms with Crippen LogP contribution in [0.1, 0.15) is 6.92 Å². The average Bonchev–Trinajstić information content (AvgIpc) is 1.84. The number of primary amides is 1. The number of rotatable bonds is 5. The first-order valence-electron chi connectivity index (χ1n) is 3.31. The number of hydrogen-bond acceptors (Lipinski definition) is 4. The van der Waals surface area contributed by atoms with Crippen molar-refractivity contribution < 1.29 is 17.8 Å². The molecular weight excluding hydrogens is 184 g/mol. The molecule has 0 fully saturated rings. The van der Waals surface area contributed by atoms with E-state index in [0.29, 0.717) is 0 Å². The predicted molar refractivity (Wildman–Crippen MR) is 43.1 cm³/mol. The lowest BCUT2D eigenvalue weighted by Crippen LogP contribution is -2.40. The Labute approximate surface area is 70.9 Å². The second kappa shape index (κ2) is 4.39. The first-order chi connectivity index (χ1) is 5.33. The summed E-state index contributed by atoms with van der Waals surface area (Å²) >= 11 is 0. The summed E-state index contributed by atoms with van der Waals surface area (Å²) in [5.74, 6) is -0.990. The molecule has 1 atom stereocenters. The Hall–Kier alpha value is -0.660. The van der Waals surface area contributed by atoms with Crippen molar-refractivity contribution in [3.63, 3.8) is 0 Å². The van der Waals surface area contributed by atoms with Crippen LogP contribution in [0.2, 0.25) is 0 Å². The fraction of sp³-hybridized carbons (Fsp3) is 0.800. The number of carbonyl (C=O) groups excluding carboxylic acids is 1. The lowest BCUT2D eigenvalue weighted by atomic mass is 10.3. The molecule has 1 unspecified atom stereocenters. The second-order valence-electron chi connectivity index (χ2n) is 2.36. The lowest BCUT2D eigenvalue weighted by Gasteiger charge is -2.07. The van der Waals surface area contributed by atoms with Crippen LogP contribution in [0.4, 0.5) is 0 Å². The highest BCUT2D eigenvalue weighted by Gasteiger charge is 2.09. The summed E-state index contributed by atoms with van der Waals surface area (Å²) in [7, 11) is -3.96. The number of amides is 1. The van der Waals surface area contributed by atoms with Crippen LogP contribution in [0.25, 0.3) is 0 Å². The minimum Gasteiger partial charge on any atom is -0.368 e. The summed E-state index contributed by atoms with van der Waals surface area (Å²) in [4.78, 5) is 10.4. The molecule has 0 aliphatic heterocycles. The fourth-order valence-corrected chi connectivity index (χ4v) is 0.881. The van der Waals surface area contributed by atoms with Gasteiger partial charge >= 0.3 is 0 Å². The number of carbonyl (C=O) groups is 1. The SMILES string of the molecule is CC(NCCS(=O)(=O)O)C(N)=O. The van der Waals surface area contributed by atoms with Crippen molar-refractivity contribution in [2.75, 3.05) is 12.3 Å². The third kappa shape index (κ3) is 6.08. The number of hydrogen-bond donors (Lipinski definition) is 3. The van der Waals surface area contributed by atoms with Crippen LogP contribution in [0.15, 0.2) is 0 Å². The van der Waals surface area contributed by atoms with E-state index in [4.69, 9.17) is 10.3 Å². The monoisotopic (exact) mass is 196 g/mol. The van der Waals surface area contributed by atoms with Crippen LogP contribution < -0.4 is 11.1 Å². The van der Waals surface area contributed by atoms with E-state index in [9.17, 15) is 13.2 Å². The third-order valence-electron chi connectivity index (χ3n) is 1.24. The Balaban J connectivity index is 3.65. The molecule has 7 heteroatoms. The van der Waals surface area contributed by atoms with Crippen LogP contribution in [-0.2, 0) is 14.9 Å². The van der Waals surface area contributed by atoms with Crippen molar-refractivity contribution in [1.29, 1.82) is 0 Å². The molecule has 0 rings (SSSR count). The molecule has 0 saturated heterocycles. The van der Waals surface area contributed by atoms with Crippen molar-refractivity contribution in [3.05, 3.63) is 0 Å². The van der Waals surface area contributed by atoms with E-state index in [1.54, 1.807) is 0 Å². The minimum atomic E-state index is -3.96. The molecule has 0 saturated carbocycles. The van der Waals surface area contributed by atoms with Gasteiger partial charge in [-0.05, 0) is 6.92 Å². The standard InChI is InChI=1S/C5H12N2O4S/c1-4(5(6)8)7-2-3-12(9,10)11/h4,7H,2-3H2,1H3,(H2,6,8)(H,9,10,11). The van der Waals surface area contributed by atoms with Gasteiger partial charge in [0, 0.05) is 6.54 Å². The smallest absolute Gasteiger partial charge is 0.266 e. The highest BCUT2D eigenvalue weighted by molar-refractivity contribution is 7.85. The molecule has 0 aromatic heterocycles.